The van der Waals surface area contributed by atoms with E-state index in [4.69, 9.17) is 9.47 Å². The highest BCUT2D eigenvalue weighted by Gasteiger charge is 2.44. The van der Waals surface area contributed by atoms with E-state index in [1.165, 1.54) is 83.5 Å². The molecule has 1 rings (SSSR count). The quantitative estimate of drug-likeness (QED) is 0.0168. The Morgan fingerprint density at radius 3 is 1.56 bits per heavy atom. The molecule has 9 atom stereocenters. The molecular weight excluding hydrogens is 787 g/mol. The molecule has 0 aromatic carbocycles. The summed E-state index contributed by atoms with van der Waals surface area (Å²) >= 11 is 0. The lowest BCUT2D eigenvalue weighted by Gasteiger charge is -2.40. The van der Waals surface area contributed by atoms with Crippen molar-refractivity contribution in [3.63, 3.8) is 0 Å². The van der Waals surface area contributed by atoms with Gasteiger partial charge < -0.3 is 50.5 Å². The number of aliphatic hydroxyl groups is 7. The van der Waals surface area contributed by atoms with Crippen molar-refractivity contribution in [2.24, 2.45) is 0 Å². The van der Waals surface area contributed by atoms with Gasteiger partial charge in [-0.1, -0.05) is 158 Å². The highest BCUT2D eigenvalue weighted by Crippen LogP contribution is 2.23. The molecule has 1 aliphatic rings. The molecule has 11 nitrogen and oxygen atoms in total. The molecule has 9 unspecified atom stereocenters. The summed E-state index contributed by atoms with van der Waals surface area (Å²) in [7, 11) is 0. The molecule has 62 heavy (non-hydrogen) atoms. The Balaban J connectivity index is 2.47. The van der Waals surface area contributed by atoms with Crippen LogP contribution in [0.25, 0.3) is 0 Å². The standard InChI is InChI=1S/C51H91NO10/c1-3-5-7-9-11-13-15-17-19-21-23-25-27-29-31-33-35-37-39-44(55)50(60)52-42(41-61-51-49(59)48(58)47(57)45(40-53)62-51)46(56)43(54)38-36-34-32-30-28-26-24-22-20-18-16-14-12-10-8-6-4-2/h11,13-17,22,24,30,32,42-49,51,53-59H,3-10,12,18-21,23,25-29,31,33-41H2,1-2H3,(H,52,60)/b13-11-,16-14+,17-15-,24-22+,32-30+. The lowest BCUT2D eigenvalue weighted by Crippen LogP contribution is -2.60. The van der Waals surface area contributed by atoms with Gasteiger partial charge in [-0.2, -0.15) is 0 Å². The highest BCUT2D eigenvalue weighted by atomic mass is 16.7. The fourth-order valence-electron chi connectivity index (χ4n) is 7.40. The third-order valence-corrected chi connectivity index (χ3v) is 11.5. The number of allylic oxidation sites excluding steroid dienone is 10. The zero-order valence-electron chi connectivity index (χ0n) is 38.8. The predicted octanol–water partition coefficient (Wildman–Crippen LogP) is 8.72. The smallest absolute Gasteiger partial charge is 0.249 e. The number of ether oxygens (including phenoxy) is 2. The number of nitrogens with one attached hydrogen (secondary N) is 1. The van der Waals surface area contributed by atoms with Crippen molar-refractivity contribution in [3.8, 4) is 0 Å². The van der Waals surface area contributed by atoms with E-state index in [0.29, 0.717) is 19.3 Å². The maximum Gasteiger partial charge on any atom is 0.249 e. The zero-order valence-corrected chi connectivity index (χ0v) is 38.8. The third kappa shape index (κ3) is 29.3. The highest BCUT2D eigenvalue weighted by molar-refractivity contribution is 5.80. The number of carbonyl (C=O) groups excluding carboxylic acids is 1. The number of hydrogen-bond acceptors (Lipinski definition) is 10. The molecule has 0 saturated carbocycles. The number of carbonyl (C=O) groups is 1. The number of amides is 1. The van der Waals surface area contributed by atoms with Gasteiger partial charge in [-0.3, -0.25) is 4.79 Å². The van der Waals surface area contributed by atoms with E-state index in [0.717, 1.165) is 57.8 Å². The van der Waals surface area contributed by atoms with E-state index < -0.39 is 74.2 Å². The second-order valence-corrected chi connectivity index (χ2v) is 17.2. The summed E-state index contributed by atoms with van der Waals surface area (Å²) < 4.78 is 11.1. The molecule has 0 aromatic rings. The number of rotatable bonds is 40. The van der Waals surface area contributed by atoms with Crippen LogP contribution < -0.4 is 5.32 Å². The van der Waals surface area contributed by atoms with Gasteiger partial charge in [-0.15, -0.1) is 0 Å². The van der Waals surface area contributed by atoms with Crippen LogP contribution in [0.1, 0.15) is 187 Å². The first-order chi connectivity index (χ1) is 30.2. The van der Waals surface area contributed by atoms with Crippen LogP contribution in [-0.2, 0) is 14.3 Å². The molecule has 0 bridgehead atoms. The van der Waals surface area contributed by atoms with Gasteiger partial charge in [0.15, 0.2) is 6.29 Å². The summed E-state index contributed by atoms with van der Waals surface area (Å²) in [6, 6.07) is -1.20. The van der Waals surface area contributed by atoms with Gasteiger partial charge in [0.2, 0.25) is 5.91 Å². The first-order valence-electron chi connectivity index (χ1n) is 24.7. The fourth-order valence-corrected chi connectivity index (χ4v) is 7.40. The van der Waals surface area contributed by atoms with Crippen LogP contribution in [0.2, 0.25) is 0 Å². The molecule has 0 spiro atoms. The molecule has 0 aromatic heterocycles. The maximum absolute atomic E-state index is 13.1. The van der Waals surface area contributed by atoms with Crippen molar-refractivity contribution in [1.29, 1.82) is 0 Å². The molecule has 1 aliphatic heterocycles. The molecule has 11 heteroatoms. The molecule has 1 saturated heterocycles. The van der Waals surface area contributed by atoms with Gasteiger partial charge in [0.25, 0.3) is 0 Å². The second kappa shape index (κ2) is 40.3. The van der Waals surface area contributed by atoms with Crippen LogP contribution in [0, 0.1) is 0 Å². The molecule has 0 radical (unpaired) electrons. The molecular formula is C51H91NO10. The average molecular weight is 878 g/mol. The molecule has 1 fully saturated rings. The van der Waals surface area contributed by atoms with Crippen LogP contribution in [0.15, 0.2) is 60.8 Å². The van der Waals surface area contributed by atoms with Crippen LogP contribution in [-0.4, -0.2) is 110 Å². The van der Waals surface area contributed by atoms with Crippen LogP contribution in [0.4, 0.5) is 0 Å². The van der Waals surface area contributed by atoms with E-state index in [1.807, 2.05) is 0 Å². The Kier molecular flexibility index (Phi) is 37.6. The topological polar surface area (TPSA) is 189 Å². The largest absolute Gasteiger partial charge is 0.394 e. The Bertz CT molecular complexity index is 1190. The van der Waals surface area contributed by atoms with Crippen LogP contribution in [0.5, 0.6) is 0 Å². The Morgan fingerprint density at radius 1 is 0.565 bits per heavy atom. The third-order valence-electron chi connectivity index (χ3n) is 11.5. The van der Waals surface area contributed by atoms with Gasteiger partial charge in [-0.05, 0) is 89.9 Å². The fraction of sp³-hybridized carbons (Fsp3) is 0.784. The van der Waals surface area contributed by atoms with Gasteiger partial charge in [-0.25, -0.2) is 0 Å². The maximum atomic E-state index is 13.1. The van der Waals surface area contributed by atoms with Crippen molar-refractivity contribution in [3.05, 3.63) is 60.8 Å². The van der Waals surface area contributed by atoms with Gasteiger partial charge >= 0.3 is 0 Å². The van der Waals surface area contributed by atoms with E-state index >= 15 is 0 Å². The Labute approximate surface area is 376 Å². The van der Waals surface area contributed by atoms with Gasteiger partial charge in [0, 0.05) is 0 Å². The van der Waals surface area contributed by atoms with Gasteiger partial charge in [0.1, 0.15) is 36.6 Å². The summed E-state index contributed by atoms with van der Waals surface area (Å²) in [5, 5.41) is 75.8. The first kappa shape index (κ1) is 57.8. The van der Waals surface area contributed by atoms with E-state index in [-0.39, 0.29) is 12.8 Å². The van der Waals surface area contributed by atoms with Crippen LogP contribution >= 0.6 is 0 Å². The minimum atomic E-state index is -1.68. The lowest BCUT2D eigenvalue weighted by atomic mass is 9.98. The summed E-state index contributed by atoms with van der Waals surface area (Å²) in [4.78, 5) is 13.1. The minimum Gasteiger partial charge on any atom is -0.394 e. The molecule has 1 heterocycles. The number of unbranched alkanes of at least 4 members (excludes halogenated alkanes) is 19. The monoisotopic (exact) mass is 878 g/mol. The summed E-state index contributed by atoms with van der Waals surface area (Å²) in [6.07, 6.45) is 38.3. The molecule has 0 aliphatic carbocycles. The van der Waals surface area contributed by atoms with Crippen molar-refractivity contribution in [1.82, 2.24) is 5.32 Å². The number of hydrogen-bond donors (Lipinski definition) is 8. The molecule has 8 N–H and O–H groups in total. The summed E-state index contributed by atoms with van der Waals surface area (Å²) in [5.41, 5.74) is 0. The SMILES string of the molecule is CCCCC/C=C\C=C/CCCCCCCCCCCC(O)C(=O)NC(COC1OC(CO)C(O)C(O)C1O)C(O)C(O)CCC/C=C/CC/C=C/CC/C=C/CCCCCC. The van der Waals surface area contributed by atoms with Crippen molar-refractivity contribution in [2.45, 2.75) is 242 Å². The molecule has 360 valence electrons. The summed E-state index contributed by atoms with van der Waals surface area (Å²) in [6.45, 7) is 3.36. The predicted molar refractivity (Wildman–Crippen MR) is 251 cm³/mol. The van der Waals surface area contributed by atoms with Gasteiger partial charge in [0.05, 0.1) is 25.4 Å². The van der Waals surface area contributed by atoms with Crippen molar-refractivity contribution in [2.75, 3.05) is 13.2 Å². The van der Waals surface area contributed by atoms with Crippen LogP contribution in [0.3, 0.4) is 0 Å². The average Bonchev–Trinajstić information content (AvgIpc) is 3.27. The van der Waals surface area contributed by atoms with E-state index in [9.17, 15) is 40.5 Å². The van der Waals surface area contributed by atoms with E-state index in [1.54, 1.807) is 0 Å². The number of aliphatic hydroxyl groups excluding tert-OH is 7. The van der Waals surface area contributed by atoms with Crippen molar-refractivity contribution >= 4 is 5.91 Å². The minimum absolute atomic E-state index is 0.237. The van der Waals surface area contributed by atoms with Crippen molar-refractivity contribution < 1.29 is 50.0 Å². The normalized spacial score (nSPS) is 21.9. The lowest BCUT2D eigenvalue weighted by molar-refractivity contribution is -0.303. The zero-order chi connectivity index (χ0) is 45.5. The molecule has 1 amide bonds. The Morgan fingerprint density at radius 2 is 1.02 bits per heavy atom. The Hall–Kier alpha value is -2.19. The summed E-state index contributed by atoms with van der Waals surface area (Å²) in [5.74, 6) is -0.720. The first-order valence-corrected chi connectivity index (χ1v) is 24.7. The second-order valence-electron chi connectivity index (χ2n) is 17.2. The van der Waals surface area contributed by atoms with E-state index in [2.05, 4.69) is 79.9 Å².